The minimum Gasteiger partial charge on any atom is -0.396 e. The average molecular weight is 606 g/mol. The standard InChI is InChI=1S/C14H16BrN5.C14H17N5O/c15-7-9-1-3-10(4-2-9)12-13-11-5-6-16-14(11)17-8-20(13)19-18-12;20-7-9-1-3-10(4-2-9)12-13-11-5-6-15-14(11)16-8-19(13)18-17-12/h5-6,8-10,16H,1-4,7H2;5-6,8-10,15,20H,1-4,7H2/t2*9-,10-. The number of aromatic amines is 2. The summed E-state index contributed by atoms with van der Waals surface area (Å²) in [7, 11) is 0. The van der Waals surface area contributed by atoms with E-state index in [0.717, 1.165) is 81.4 Å². The van der Waals surface area contributed by atoms with Crippen molar-refractivity contribution in [2.45, 2.75) is 63.2 Å². The normalized spacial score (nSPS) is 23.6. The SMILES string of the molecule is BrC[C@H]1CC[C@H](c2nnn3cnc4[nH]ccc4c23)CC1.OC[C@H]1CC[C@H](c2nnn3cnc4[nH]ccc4c23)CC1. The smallest absolute Gasteiger partial charge is 0.141 e. The lowest BCUT2D eigenvalue weighted by Gasteiger charge is -2.26. The van der Waals surface area contributed by atoms with Crippen molar-refractivity contribution < 1.29 is 5.11 Å². The average Bonchev–Trinajstić information content (AvgIpc) is 3.82. The molecule has 0 atom stereocenters. The summed E-state index contributed by atoms with van der Waals surface area (Å²) in [6.07, 6.45) is 16.5. The van der Waals surface area contributed by atoms with Crippen molar-refractivity contribution in [1.29, 1.82) is 0 Å². The van der Waals surface area contributed by atoms with E-state index >= 15 is 0 Å². The van der Waals surface area contributed by atoms with Crippen LogP contribution in [0.3, 0.4) is 0 Å². The Kier molecular flexibility index (Phi) is 6.96. The molecule has 0 aliphatic heterocycles. The van der Waals surface area contributed by atoms with E-state index in [2.05, 4.69) is 62.6 Å². The zero-order valence-corrected chi connectivity index (χ0v) is 23.8. The van der Waals surface area contributed by atoms with Crippen LogP contribution in [0, 0.1) is 11.8 Å². The number of hydrogen-bond acceptors (Lipinski definition) is 7. The van der Waals surface area contributed by atoms with E-state index in [1.807, 2.05) is 23.0 Å². The number of fused-ring (bicyclic) bond motifs is 6. The molecule has 0 aromatic carbocycles. The van der Waals surface area contributed by atoms with Crippen LogP contribution in [0.25, 0.3) is 33.1 Å². The molecule has 2 aliphatic carbocycles. The Labute approximate surface area is 238 Å². The maximum absolute atomic E-state index is 9.25. The summed E-state index contributed by atoms with van der Waals surface area (Å²) in [5.74, 6) is 2.25. The Bertz CT molecular complexity index is 1610. The summed E-state index contributed by atoms with van der Waals surface area (Å²) >= 11 is 3.60. The first-order valence-corrected chi connectivity index (χ1v) is 15.4. The van der Waals surface area contributed by atoms with Crippen molar-refractivity contribution in [1.82, 2.24) is 49.6 Å². The molecule has 0 radical (unpaired) electrons. The molecule has 8 rings (SSSR count). The van der Waals surface area contributed by atoms with Crippen LogP contribution in [0.5, 0.6) is 0 Å². The van der Waals surface area contributed by atoms with Gasteiger partial charge in [-0.25, -0.2) is 19.0 Å². The van der Waals surface area contributed by atoms with E-state index in [4.69, 9.17) is 0 Å². The van der Waals surface area contributed by atoms with Crippen molar-refractivity contribution in [2.24, 2.45) is 11.8 Å². The first-order chi connectivity index (χ1) is 19.7. The number of alkyl halides is 1. The Morgan fingerprint density at radius 2 is 1.20 bits per heavy atom. The highest BCUT2D eigenvalue weighted by Crippen LogP contribution is 2.39. The van der Waals surface area contributed by atoms with Gasteiger partial charge in [0.05, 0.1) is 11.4 Å². The number of nitrogens with one attached hydrogen (secondary N) is 2. The molecule has 2 fully saturated rings. The Balaban J connectivity index is 0.000000132. The molecular formula is C28H33BrN10O. The number of rotatable bonds is 4. The van der Waals surface area contributed by atoms with E-state index in [1.54, 1.807) is 17.2 Å². The van der Waals surface area contributed by atoms with Gasteiger partial charge in [-0.1, -0.05) is 26.4 Å². The molecule has 0 amide bonds. The number of aliphatic hydroxyl groups is 1. The van der Waals surface area contributed by atoms with Crippen LogP contribution < -0.4 is 0 Å². The second kappa shape index (κ2) is 10.9. The molecule has 0 saturated heterocycles. The second-order valence-electron chi connectivity index (χ2n) is 11.3. The van der Waals surface area contributed by atoms with Crippen molar-refractivity contribution in [3.63, 3.8) is 0 Å². The summed E-state index contributed by atoms with van der Waals surface area (Å²) in [6.45, 7) is 0.306. The van der Waals surface area contributed by atoms with Crippen molar-refractivity contribution in [3.8, 4) is 0 Å². The number of halogens is 1. The van der Waals surface area contributed by atoms with Gasteiger partial charge < -0.3 is 15.1 Å². The monoisotopic (exact) mass is 604 g/mol. The third kappa shape index (κ3) is 4.56. The molecule has 0 spiro atoms. The van der Waals surface area contributed by atoms with Gasteiger partial charge in [-0.2, -0.15) is 0 Å². The van der Waals surface area contributed by atoms with E-state index in [0.29, 0.717) is 24.4 Å². The van der Waals surface area contributed by atoms with Crippen LogP contribution in [0.4, 0.5) is 0 Å². The van der Waals surface area contributed by atoms with E-state index in [-0.39, 0.29) is 0 Å². The van der Waals surface area contributed by atoms with Crippen LogP contribution >= 0.6 is 15.9 Å². The highest BCUT2D eigenvalue weighted by molar-refractivity contribution is 9.09. The highest BCUT2D eigenvalue weighted by Gasteiger charge is 2.27. The van der Waals surface area contributed by atoms with Crippen molar-refractivity contribution in [2.75, 3.05) is 11.9 Å². The van der Waals surface area contributed by atoms with E-state index in [9.17, 15) is 5.11 Å². The lowest BCUT2D eigenvalue weighted by molar-refractivity contribution is 0.182. The molecule has 11 nitrogen and oxygen atoms in total. The molecule has 0 bridgehead atoms. The van der Waals surface area contributed by atoms with Crippen LogP contribution in [0.2, 0.25) is 0 Å². The summed E-state index contributed by atoms with van der Waals surface area (Å²) in [4.78, 5) is 15.0. The zero-order valence-electron chi connectivity index (χ0n) is 22.2. The molecular weight excluding hydrogens is 572 g/mol. The van der Waals surface area contributed by atoms with Gasteiger partial charge >= 0.3 is 0 Å². The molecule has 12 heteroatoms. The first-order valence-electron chi connectivity index (χ1n) is 14.2. The van der Waals surface area contributed by atoms with Gasteiger partial charge in [-0.05, 0) is 75.3 Å². The lowest BCUT2D eigenvalue weighted by atomic mass is 9.80. The second-order valence-corrected chi connectivity index (χ2v) is 11.9. The van der Waals surface area contributed by atoms with Gasteiger partial charge in [-0.15, -0.1) is 10.2 Å². The van der Waals surface area contributed by atoms with Gasteiger partial charge in [0, 0.05) is 46.9 Å². The summed E-state index contributed by atoms with van der Waals surface area (Å²) < 4.78 is 3.58. The molecule has 0 unspecified atom stereocenters. The van der Waals surface area contributed by atoms with Crippen molar-refractivity contribution >= 4 is 49.0 Å². The number of hydrogen-bond donors (Lipinski definition) is 3. The maximum Gasteiger partial charge on any atom is 0.141 e. The van der Waals surface area contributed by atoms with Crippen molar-refractivity contribution in [3.05, 3.63) is 48.6 Å². The number of H-pyrrole nitrogens is 2. The molecule has 6 heterocycles. The minimum atomic E-state index is 0.306. The van der Waals surface area contributed by atoms with Crippen LogP contribution in [-0.4, -0.2) is 66.6 Å². The maximum atomic E-state index is 9.25. The van der Waals surface area contributed by atoms with Crippen LogP contribution in [0.15, 0.2) is 37.2 Å². The molecule has 6 aromatic heterocycles. The quantitative estimate of drug-likeness (QED) is 0.237. The fourth-order valence-corrected chi connectivity index (χ4v) is 7.24. The van der Waals surface area contributed by atoms with Gasteiger partial charge in [0.15, 0.2) is 0 Å². The van der Waals surface area contributed by atoms with Gasteiger partial charge in [0.25, 0.3) is 0 Å². The third-order valence-electron chi connectivity index (χ3n) is 8.94. The van der Waals surface area contributed by atoms with Gasteiger partial charge in [0.1, 0.15) is 35.0 Å². The molecule has 208 valence electrons. The predicted octanol–water partition coefficient (Wildman–Crippen LogP) is 5.15. The number of aliphatic hydroxyl groups excluding tert-OH is 1. The van der Waals surface area contributed by atoms with Gasteiger partial charge in [0.2, 0.25) is 0 Å². The summed E-state index contributed by atoms with van der Waals surface area (Å²) in [5, 5.41) is 29.9. The van der Waals surface area contributed by atoms with E-state index in [1.165, 1.54) is 25.7 Å². The van der Waals surface area contributed by atoms with Crippen LogP contribution in [0.1, 0.15) is 74.6 Å². The topological polar surface area (TPSA) is 138 Å². The van der Waals surface area contributed by atoms with Gasteiger partial charge in [-0.3, -0.25) is 0 Å². The Hall–Kier alpha value is -3.38. The minimum absolute atomic E-state index is 0.306. The molecule has 3 N–H and O–H groups in total. The zero-order chi connectivity index (χ0) is 27.1. The fourth-order valence-electron chi connectivity index (χ4n) is 6.60. The summed E-state index contributed by atoms with van der Waals surface area (Å²) in [6, 6.07) is 4.10. The Morgan fingerprint density at radius 1 is 0.725 bits per heavy atom. The largest absolute Gasteiger partial charge is 0.396 e. The lowest BCUT2D eigenvalue weighted by Crippen LogP contribution is -2.16. The molecule has 2 saturated carbocycles. The first kappa shape index (κ1) is 25.6. The van der Waals surface area contributed by atoms with Crippen LogP contribution in [-0.2, 0) is 0 Å². The van der Waals surface area contributed by atoms with E-state index < -0.39 is 0 Å². The summed E-state index contributed by atoms with van der Waals surface area (Å²) in [5.41, 5.74) is 6.21. The fraction of sp³-hybridized carbons (Fsp3) is 0.500. The third-order valence-corrected chi connectivity index (χ3v) is 9.85. The molecule has 40 heavy (non-hydrogen) atoms. The highest BCUT2D eigenvalue weighted by atomic mass is 79.9. The predicted molar refractivity (Wildman–Crippen MR) is 156 cm³/mol. The number of aromatic nitrogens is 10. The molecule has 6 aromatic rings. The Morgan fingerprint density at radius 3 is 1.65 bits per heavy atom. The number of nitrogens with zero attached hydrogens (tertiary/aromatic N) is 8. The molecule has 2 aliphatic rings.